The predicted molar refractivity (Wildman–Crippen MR) is 79.1 cm³/mol. The van der Waals surface area contributed by atoms with E-state index in [1.807, 2.05) is 6.07 Å². The van der Waals surface area contributed by atoms with E-state index in [1.54, 1.807) is 0 Å². The molecule has 0 bridgehead atoms. The molecule has 1 heterocycles. The number of hydrogen-bond donors (Lipinski definition) is 1. The minimum atomic E-state index is 0.812. The van der Waals surface area contributed by atoms with E-state index in [2.05, 4.69) is 43.0 Å². The Balaban J connectivity index is 1.98. The second kappa shape index (κ2) is 5.61. The molecule has 0 unspecified atom stereocenters. The molecule has 1 aromatic carbocycles. The van der Waals surface area contributed by atoms with Crippen LogP contribution in [0.25, 0.3) is 0 Å². The average molecular weight is 247 g/mol. The van der Waals surface area contributed by atoms with Crippen LogP contribution in [0.3, 0.4) is 0 Å². The molecule has 0 spiro atoms. The largest absolute Gasteiger partial charge is 0.399 e. The molecule has 1 aromatic rings. The lowest BCUT2D eigenvalue weighted by molar-refractivity contribution is 0.222. The van der Waals surface area contributed by atoms with Crippen LogP contribution >= 0.6 is 0 Å². The predicted octanol–water partition coefficient (Wildman–Crippen LogP) is 2.36. The monoisotopic (exact) mass is 247 g/mol. The maximum absolute atomic E-state index is 5.88. The highest BCUT2D eigenvalue weighted by atomic mass is 15.1. The summed E-state index contributed by atoms with van der Waals surface area (Å²) in [6.45, 7) is 5.75. The Labute approximate surface area is 111 Å². The number of anilines is 2. The van der Waals surface area contributed by atoms with Crippen LogP contribution in [-0.2, 0) is 0 Å². The topological polar surface area (TPSA) is 32.5 Å². The first-order valence-corrected chi connectivity index (χ1v) is 6.82. The van der Waals surface area contributed by atoms with E-state index in [4.69, 9.17) is 5.73 Å². The van der Waals surface area contributed by atoms with Gasteiger partial charge in [-0.3, -0.25) is 0 Å². The van der Waals surface area contributed by atoms with Crippen molar-refractivity contribution in [3.8, 4) is 0 Å². The van der Waals surface area contributed by atoms with Gasteiger partial charge in [0, 0.05) is 25.0 Å². The molecule has 18 heavy (non-hydrogen) atoms. The zero-order valence-corrected chi connectivity index (χ0v) is 11.8. The van der Waals surface area contributed by atoms with E-state index in [0.29, 0.717) is 0 Å². The number of piperidine rings is 1. The van der Waals surface area contributed by atoms with Crippen molar-refractivity contribution in [2.24, 2.45) is 5.92 Å². The molecule has 100 valence electrons. The second-order valence-corrected chi connectivity index (χ2v) is 5.67. The van der Waals surface area contributed by atoms with Crippen LogP contribution in [0.4, 0.5) is 11.4 Å². The van der Waals surface area contributed by atoms with Crippen molar-refractivity contribution in [1.82, 2.24) is 4.90 Å². The van der Waals surface area contributed by atoms with Gasteiger partial charge in [-0.05, 0) is 63.5 Å². The fraction of sp³-hybridized carbons (Fsp3) is 0.600. The first kappa shape index (κ1) is 13.2. The molecule has 3 heteroatoms. The lowest BCUT2D eigenvalue weighted by atomic mass is 9.96. The SMILES string of the molecule is Cc1ccc(N)cc1N(C)CC1CCN(C)CC1. The van der Waals surface area contributed by atoms with Gasteiger partial charge >= 0.3 is 0 Å². The third-order valence-electron chi connectivity index (χ3n) is 4.01. The molecule has 0 aromatic heterocycles. The van der Waals surface area contributed by atoms with Gasteiger partial charge in [0.15, 0.2) is 0 Å². The molecule has 2 N–H and O–H groups in total. The van der Waals surface area contributed by atoms with Crippen LogP contribution in [0.2, 0.25) is 0 Å². The molecular formula is C15H25N3. The molecule has 3 nitrogen and oxygen atoms in total. The van der Waals surface area contributed by atoms with E-state index >= 15 is 0 Å². The van der Waals surface area contributed by atoms with Gasteiger partial charge in [-0.2, -0.15) is 0 Å². The van der Waals surface area contributed by atoms with E-state index < -0.39 is 0 Å². The van der Waals surface area contributed by atoms with Crippen LogP contribution < -0.4 is 10.6 Å². The smallest absolute Gasteiger partial charge is 0.0414 e. The molecule has 2 rings (SSSR count). The average Bonchev–Trinajstić information content (AvgIpc) is 2.35. The lowest BCUT2D eigenvalue weighted by Gasteiger charge is -2.33. The van der Waals surface area contributed by atoms with Crippen LogP contribution in [0.15, 0.2) is 18.2 Å². The third kappa shape index (κ3) is 3.16. The van der Waals surface area contributed by atoms with Crippen molar-refractivity contribution < 1.29 is 0 Å². The summed E-state index contributed by atoms with van der Waals surface area (Å²) in [6.07, 6.45) is 2.62. The Morgan fingerprint density at radius 1 is 1.33 bits per heavy atom. The molecule has 1 aliphatic rings. The normalized spacial score (nSPS) is 17.9. The van der Waals surface area contributed by atoms with E-state index in [9.17, 15) is 0 Å². The maximum atomic E-state index is 5.88. The van der Waals surface area contributed by atoms with Gasteiger partial charge < -0.3 is 15.5 Å². The maximum Gasteiger partial charge on any atom is 0.0414 e. The zero-order valence-electron chi connectivity index (χ0n) is 11.8. The Morgan fingerprint density at radius 2 is 2.00 bits per heavy atom. The zero-order chi connectivity index (χ0) is 13.1. The van der Waals surface area contributed by atoms with Crippen molar-refractivity contribution in [2.75, 3.05) is 44.4 Å². The highest BCUT2D eigenvalue weighted by Gasteiger charge is 2.18. The molecule has 0 radical (unpaired) electrons. The van der Waals surface area contributed by atoms with Gasteiger partial charge in [0.25, 0.3) is 0 Å². The molecule has 0 aliphatic carbocycles. The van der Waals surface area contributed by atoms with Crippen LogP contribution in [-0.4, -0.2) is 38.6 Å². The van der Waals surface area contributed by atoms with Gasteiger partial charge in [-0.1, -0.05) is 6.07 Å². The fourth-order valence-corrected chi connectivity index (χ4v) is 2.77. The van der Waals surface area contributed by atoms with Gasteiger partial charge in [0.05, 0.1) is 0 Å². The quantitative estimate of drug-likeness (QED) is 0.832. The van der Waals surface area contributed by atoms with Crippen LogP contribution in [0.5, 0.6) is 0 Å². The first-order chi connectivity index (χ1) is 8.56. The first-order valence-electron chi connectivity index (χ1n) is 6.82. The van der Waals surface area contributed by atoms with Crippen molar-refractivity contribution in [2.45, 2.75) is 19.8 Å². The number of rotatable bonds is 3. The summed E-state index contributed by atoms with van der Waals surface area (Å²) in [5, 5.41) is 0. The summed E-state index contributed by atoms with van der Waals surface area (Å²) < 4.78 is 0. The number of likely N-dealkylation sites (tertiary alicyclic amines) is 1. The van der Waals surface area contributed by atoms with Crippen molar-refractivity contribution >= 4 is 11.4 Å². The molecule has 0 saturated carbocycles. The summed E-state index contributed by atoms with van der Waals surface area (Å²) in [7, 11) is 4.39. The van der Waals surface area contributed by atoms with E-state index in [0.717, 1.165) is 18.2 Å². The minimum absolute atomic E-state index is 0.812. The fourth-order valence-electron chi connectivity index (χ4n) is 2.77. The lowest BCUT2D eigenvalue weighted by Crippen LogP contribution is -2.35. The third-order valence-corrected chi connectivity index (χ3v) is 4.01. The summed E-state index contributed by atoms with van der Waals surface area (Å²) >= 11 is 0. The summed E-state index contributed by atoms with van der Waals surface area (Å²) in [6, 6.07) is 6.17. The summed E-state index contributed by atoms with van der Waals surface area (Å²) in [5.41, 5.74) is 9.31. The number of nitrogens with two attached hydrogens (primary N) is 1. The molecule has 1 saturated heterocycles. The Hall–Kier alpha value is -1.22. The summed E-state index contributed by atoms with van der Waals surface area (Å²) in [4.78, 5) is 4.78. The van der Waals surface area contributed by atoms with E-state index in [1.165, 1.54) is 37.2 Å². The standard InChI is InChI=1S/C15H25N3/c1-12-4-5-14(16)10-15(12)18(3)11-13-6-8-17(2)9-7-13/h4-5,10,13H,6-9,11,16H2,1-3H3. The molecule has 1 fully saturated rings. The van der Waals surface area contributed by atoms with E-state index in [-0.39, 0.29) is 0 Å². The second-order valence-electron chi connectivity index (χ2n) is 5.67. The number of benzene rings is 1. The number of nitrogens with zero attached hydrogens (tertiary/aromatic N) is 2. The number of hydrogen-bond acceptors (Lipinski definition) is 3. The Morgan fingerprint density at radius 3 is 2.67 bits per heavy atom. The van der Waals surface area contributed by atoms with Gasteiger partial charge in [-0.15, -0.1) is 0 Å². The van der Waals surface area contributed by atoms with Crippen molar-refractivity contribution in [1.29, 1.82) is 0 Å². The Bertz CT molecular complexity index is 395. The minimum Gasteiger partial charge on any atom is -0.399 e. The highest BCUT2D eigenvalue weighted by Crippen LogP contribution is 2.25. The number of nitrogen functional groups attached to an aromatic ring is 1. The Kier molecular flexibility index (Phi) is 4.12. The van der Waals surface area contributed by atoms with Crippen molar-refractivity contribution in [3.63, 3.8) is 0 Å². The molecular weight excluding hydrogens is 222 g/mol. The van der Waals surface area contributed by atoms with Crippen molar-refractivity contribution in [3.05, 3.63) is 23.8 Å². The molecule has 1 aliphatic heterocycles. The highest BCUT2D eigenvalue weighted by molar-refractivity contribution is 5.60. The molecule has 0 atom stereocenters. The van der Waals surface area contributed by atoms with Crippen LogP contribution in [0.1, 0.15) is 18.4 Å². The number of aryl methyl sites for hydroxylation is 1. The van der Waals surface area contributed by atoms with Gasteiger partial charge in [0.1, 0.15) is 0 Å². The van der Waals surface area contributed by atoms with Gasteiger partial charge in [-0.25, -0.2) is 0 Å². The molecule has 0 amide bonds. The van der Waals surface area contributed by atoms with Crippen LogP contribution in [0, 0.1) is 12.8 Å². The summed E-state index contributed by atoms with van der Waals surface area (Å²) in [5.74, 6) is 0.812. The van der Waals surface area contributed by atoms with Gasteiger partial charge in [0.2, 0.25) is 0 Å².